The number of methoxy groups -OCH3 is 1. The van der Waals surface area contributed by atoms with E-state index < -0.39 is 35.2 Å². The molecule has 0 unspecified atom stereocenters. The van der Waals surface area contributed by atoms with Gasteiger partial charge in [0.15, 0.2) is 0 Å². The molecule has 1 aliphatic rings. The zero-order valence-electron chi connectivity index (χ0n) is 22.6. The second-order valence-corrected chi connectivity index (χ2v) is 11.1. The summed E-state index contributed by atoms with van der Waals surface area (Å²) in [4.78, 5) is 40.4. The van der Waals surface area contributed by atoms with Crippen LogP contribution in [0.5, 0.6) is 5.75 Å². The summed E-state index contributed by atoms with van der Waals surface area (Å²) in [6.07, 6.45) is 1.93. The number of likely N-dealkylation sites (tertiary alicyclic amines) is 1. The van der Waals surface area contributed by atoms with Crippen molar-refractivity contribution in [3.05, 3.63) is 76.3 Å². The summed E-state index contributed by atoms with van der Waals surface area (Å²) in [6, 6.07) is 11.3. The van der Waals surface area contributed by atoms with Crippen molar-refractivity contribution >= 4 is 41.2 Å². The van der Waals surface area contributed by atoms with Crippen molar-refractivity contribution in [2.75, 3.05) is 13.7 Å². The number of hydrogen-bond donors (Lipinski definition) is 1. The standard InChI is InChI=1S/C29H34Cl2N2O6/c1-6-29(15-8-16-33(29)27(36)39-28(2,3)4)26(35)32-24(25(34)37-5)17-19-11-13-20(14-12-19)38-18-21-22(30)9-7-10-23(21)31/h6-7,9-14,24H,1,8,15-18H2,2-5H3,(H,32,35)/t24-,29-/m0/s1. The molecule has 0 radical (unpaired) electrons. The Morgan fingerprint density at radius 2 is 1.77 bits per heavy atom. The first kappa shape index (κ1) is 30.3. The molecule has 0 spiro atoms. The van der Waals surface area contributed by atoms with Crippen molar-refractivity contribution < 1.29 is 28.6 Å². The van der Waals surface area contributed by atoms with Gasteiger partial charge in [0, 0.05) is 28.6 Å². The molecule has 10 heteroatoms. The molecule has 210 valence electrons. The van der Waals surface area contributed by atoms with E-state index in [-0.39, 0.29) is 13.0 Å². The molecule has 0 bridgehead atoms. The highest BCUT2D eigenvalue weighted by Gasteiger charge is 2.49. The molecule has 2 atom stereocenters. The Hall–Kier alpha value is -3.23. The Bertz CT molecular complexity index is 1190. The van der Waals surface area contributed by atoms with Crippen LogP contribution < -0.4 is 10.1 Å². The van der Waals surface area contributed by atoms with Crippen LogP contribution in [-0.2, 0) is 32.1 Å². The number of nitrogens with one attached hydrogen (secondary N) is 1. The number of nitrogens with zero attached hydrogens (tertiary/aromatic N) is 1. The van der Waals surface area contributed by atoms with Gasteiger partial charge in [0.25, 0.3) is 5.91 Å². The number of ether oxygens (including phenoxy) is 3. The maximum absolute atomic E-state index is 13.5. The van der Waals surface area contributed by atoms with E-state index in [9.17, 15) is 14.4 Å². The number of carbonyl (C=O) groups is 3. The number of amides is 2. The van der Waals surface area contributed by atoms with E-state index in [2.05, 4.69) is 11.9 Å². The second kappa shape index (κ2) is 12.7. The minimum absolute atomic E-state index is 0.161. The van der Waals surface area contributed by atoms with Crippen molar-refractivity contribution in [3.8, 4) is 5.75 Å². The molecular formula is C29H34Cl2N2O6. The Labute approximate surface area is 239 Å². The van der Waals surface area contributed by atoms with Crippen LogP contribution in [0.15, 0.2) is 55.1 Å². The van der Waals surface area contributed by atoms with E-state index in [0.29, 0.717) is 40.7 Å². The fraction of sp³-hybridized carbons (Fsp3) is 0.414. The van der Waals surface area contributed by atoms with Gasteiger partial charge in [0.05, 0.1) is 7.11 Å². The maximum Gasteiger partial charge on any atom is 0.411 e. The maximum atomic E-state index is 13.5. The molecular weight excluding hydrogens is 543 g/mol. The molecule has 1 fully saturated rings. The predicted molar refractivity (Wildman–Crippen MR) is 150 cm³/mol. The Morgan fingerprint density at radius 1 is 1.13 bits per heavy atom. The van der Waals surface area contributed by atoms with E-state index in [1.165, 1.54) is 18.1 Å². The van der Waals surface area contributed by atoms with E-state index in [1.54, 1.807) is 63.2 Å². The molecule has 1 N–H and O–H groups in total. The average Bonchev–Trinajstić information content (AvgIpc) is 3.33. The smallest absolute Gasteiger partial charge is 0.411 e. The van der Waals surface area contributed by atoms with Gasteiger partial charge < -0.3 is 19.5 Å². The number of esters is 1. The summed E-state index contributed by atoms with van der Waals surface area (Å²) in [7, 11) is 1.25. The molecule has 2 aromatic rings. The molecule has 8 nitrogen and oxygen atoms in total. The van der Waals surface area contributed by atoms with Crippen LogP contribution in [-0.4, -0.2) is 53.7 Å². The van der Waals surface area contributed by atoms with Crippen molar-refractivity contribution in [2.45, 2.75) is 63.8 Å². The number of carbonyl (C=O) groups excluding carboxylic acids is 3. The average molecular weight is 578 g/mol. The van der Waals surface area contributed by atoms with Crippen LogP contribution in [0.25, 0.3) is 0 Å². The number of hydrogen-bond acceptors (Lipinski definition) is 6. The highest BCUT2D eigenvalue weighted by Crippen LogP contribution is 2.33. The zero-order chi connectivity index (χ0) is 28.8. The lowest BCUT2D eigenvalue weighted by Gasteiger charge is -2.36. The third-order valence-electron chi connectivity index (χ3n) is 6.37. The molecule has 0 aromatic heterocycles. The lowest BCUT2D eigenvalue weighted by atomic mass is 9.94. The van der Waals surface area contributed by atoms with E-state index in [4.69, 9.17) is 37.4 Å². The van der Waals surface area contributed by atoms with Crippen molar-refractivity contribution in [1.29, 1.82) is 0 Å². The van der Waals surface area contributed by atoms with Crippen LogP contribution in [0.2, 0.25) is 10.0 Å². The lowest BCUT2D eigenvalue weighted by Crippen LogP contribution is -2.59. The first-order valence-electron chi connectivity index (χ1n) is 12.6. The topological polar surface area (TPSA) is 94.2 Å². The zero-order valence-corrected chi connectivity index (χ0v) is 24.1. The largest absolute Gasteiger partial charge is 0.489 e. The molecule has 2 amide bonds. The quantitative estimate of drug-likeness (QED) is 0.302. The Balaban J connectivity index is 1.71. The fourth-order valence-corrected chi connectivity index (χ4v) is 4.86. The minimum Gasteiger partial charge on any atom is -0.489 e. The molecule has 1 heterocycles. The summed E-state index contributed by atoms with van der Waals surface area (Å²) in [5.41, 5.74) is -0.627. The SMILES string of the molecule is C=C[C@@]1(C(=O)N[C@@H](Cc2ccc(OCc3c(Cl)cccc3Cl)cc2)C(=O)OC)CCCN1C(=O)OC(C)(C)C. The Morgan fingerprint density at radius 3 is 2.33 bits per heavy atom. The van der Waals surface area contributed by atoms with Gasteiger partial charge in [0.1, 0.15) is 29.5 Å². The second-order valence-electron chi connectivity index (χ2n) is 10.3. The van der Waals surface area contributed by atoms with Gasteiger partial charge in [-0.25, -0.2) is 9.59 Å². The third kappa shape index (κ3) is 7.46. The van der Waals surface area contributed by atoms with Gasteiger partial charge in [-0.1, -0.05) is 47.5 Å². The minimum atomic E-state index is -1.34. The normalized spacial score (nSPS) is 17.7. The van der Waals surface area contributed by atoms with Crippen LogP contribution in [0.4, 0.5) is 4.79 Å². The van der Waals surface area contributed by atoms with Gasteiger partial charge in [0.2, 0.25) is 0 Å². The van der Waals surface area contributed by atoms with E-state index >= 15 is 0 Å². The van der Waals surface area contributed by atoms with Crippen LogP contribution >= 0.6 is 23.2 Å². The molecule has 2 aromatic carbocycles. The highest BCUT2D eigenvalue weighted by molar-refractivity contribution is 6.35. The van der Waals surface area contributed by atoms with Crippen molar-refractivity contribution in [3.63, 3.8) is 0 Å². The number of halogens is 2. The van der Waals surface area contributed by atoms with Crippen molar-refractivity contribution in [1.82, 2.24) is 10.2 Å². The summed E-state index contributed by atoms with van der Waals surface area (Å²) in [5.74, 6) is -0.552. The molecule has 0 saturated carbocycles. The number of rotatable bonds is 9. The van der Waals surface area contributed by atoms with E-state index in [0.717, 1.165) is 5.56 Å². The molecule has 39 heavy (non-hydrogen) atoms. The highest BCUT2D eigenvalue weighted by atomic mass is 35.5. The molecule has 1 saturated heterocycles. The summed E-state index contributed by atoms with van der Waals surface area (Å²) in [5, 5.41) is 3.81. The number of benzene rings is 2. The van der Waals surface area contributed by atoms with Gasteiger partial charge in [-0.15, -0.1) is 6.58 Å². The van der Waals surface area contributed by atoms with E-state index in [1.807, 2.05) is 0 Å². The summed E-state index contributed by atoms with van der Waals surface area (Å²) >= 11 is 12.4. The summed E-state index contributed by atoms with van der Waals surface area (Å²) < 4.78 is 16.3. The molecule has 3 rings (SSSR count). The van der Waals surface area contributed by atoms with Crippen LogP contribution in [0.1, 0.15) is 44.7 Å². The van der Waals surface area contributed by atoms with Crippen LogP contribution in [0.3, 0.4) is 0 Å². The third-order valence-corrected chi connectivity index (χ3v) is 7.07. The predicted octanol–water partition coefficient (Wildman–Crippen LogP) is 5.73. The fourth-order valence-electron chi connectivity index (χ4n) is 4.36. The van der Waals surface area contributed by atoms with Gasteiger partial charge >= 0.3 is 12.1 Å². The van der Waals surface area contributed by atoms with Gasteiger partial charge in [-0.2, -0.15) is 0 Å². The lowest BCUT2D eigenvalue weighted by molar-refractivity contribution is -0.146. The Kier molecular flexibility index (Phi) is 9.91. The van der Waals surface area contributed by atoms with Gasteiger partial charge in [-0.3, -0.25) is 9.69 Å². The monoisotopic (exact) mass is 576 g/mol. The first-order chi connectivity index (χ1) is 18.4. The first-order valence-corrected chi connectivity index (χ1v) is 13.3. The van der Waals surface area contributed by atoms with Gasteiger partial charge in [-0.05, 0) is 63.4 Å². The molecule has 1 aliphatic heterocycles. The molecule has 0 aliphatic carbocycles. The summed E-state index contributed by atoms with van der Waals surface area (Å²) in [6.45, 7) is 9.62. The van der Waals surface area contributed by atoms with Crippen LogP contribution in [0, 0.1) is 0 Å². The van der Waals surface area contributed by atoms with Crippen molar-refractivity contribution in [2.24, 2.45) is 0 Å².